The van der Waals surface area contributed by atoms with Gasteiger partial charge in [-0.1, -0.05) is 29.8 Å². The zero-order valence-corrected chi connectivity index (χ0v) is 11.8. The van der Waals surface area contributed by atoms with Gasteiger partial charge < -0.3 is 5.11 Å². The molecule has 0 saturated heterocycles. The standard InChI is InChI=1S/C17H19FO/c1-11-5-6-12(2)16(9-11)17(4,19)15-8-7-14(18)10-13(15)3/h5-10,19H,1-4H3. The summed E-state index contributed by atoms with van der Waals surface area (Å²) in [4.78, 5) is 0. The van der Waals surface area contributed by atoms with Crippen molar-refractivity contribution in [1.29, 1.82) is 0 Å². The topological polar surface area (TPSA) is 20.2 Å². The molecular weight excluding hydrogens is 239 g/mol. The van der Waals surface area contributed by atoms with Crippen molar-refractivity contribution < 1.29 is 9.50 Å². The van der Waals surface area contributed by atoms with E-state index in [1.807, 2.05) is 39.0 Å². The van der Waals surface area contributed by atoms with Gasteiger partial charge in [-0.2, -0.15) is 0 Å². The van der Waals surface area contributed by atoms with Gasteiger partial charge in [0.2, 0.25) is 0 Å². The van der Waals surface area contributed by atoms with E-state index in [1.54, 1.807) is 13.0 Å². The van der Waals surface area contributed by atoms with Gasteiger partial charge in [0.15, 0.2) is 0 Å². The van der Waals surface area contributed by atoms with Crippen LogP contribution >= 0.6 is 0 Å². The first kappa shape index (κ1) is 13.8. The van der Waals surface area contributed by atoms with Crippen LogP contribution in [0.2, 0.25) is 0 Å². The lowest BCUT2D eigenvalue weighted by Crippen LogP contribution is -2.25. The number of benzene rings is 2. The maximum absolute atomic E-state index is 13.2. The molecule has 2 heteroatoms. The Kier molecular flexibility index (Phi) is 3.46. The van der Waals surface area contributed by atoms with Gasteiger partial charge in [-0.3, -0.25) is 0 Å². The highest BCUT2D eigenvalue weighted by molar-refractivity contribution is 5.44. The van der Waals surface area contributed by atoms with E-state index < -0.39 is 5.60 Å². The average Bonchev–Trinajstić information content (AvgIpc) is 2.31. The van der Waals surface area contributed by atoms with Crippen LogP contribution in [0.5, 0.6) is 0 Å². The molecule has 2 aromatic rings. The quantitative estimate of drug-likeness (QED) is 0.863. The maximum Gasteiger partial charge on any atom is 0.123 e. The smallest absolute Gasteiger partial charge is 0.123 e. The summed E-state index contributed by atoms with van der Waals surface area (Å²) < 4.78 is 13.2. The molecule has 19 heavy (non-hydrogen) atoms. The Bertz CT molecular complexity index is 615. The molecule has 1 atom stereocenters. The lowest BCUT2D eigenvalue weighted by Gasteiger charge is -2.28. The fourth-order valence-electron chi connectivity index (χ4n) is 2.58. The van der Waals surface area contributed by atoms with Gasteiger partial charge in [-0.25, -0.2) is 4.39 Å². The fourth-order valence-corrected chi connectivity index (χ4v) is 2.58. The Balaban J connectivity index is 2.61. The van der Waals surface area contributed by atoms with E-state index in [-0.39, 0.29) is 5.82 Å². The van der Waals surface area contributed by atoms with Crippen molar-refractivity contribution in [2.24, 2.45) is 0 Å². The summed E-state index contributed by atoms with van der Waals surface area (Å²) in [5.74, 6) is -0.280. The summed E-state index contributed by atoms with van der Waals surface area (Å²) in [6.07, 6.45) is 0. The Morgan fingerprint density at radius 2 is 1.58 bits per heavy atom. The van der Waals surface area contributed by atoms with Crippen LogP contribution in [0, 0.1) is 26.6 Å². The van der Waals surface area contributed by atoms with Crippen LogP contribution in [-0.2, 0) is 5.60 Å². The van der Waals surface area contributed by atoms with Gasteiger partial charge in [0.1, 0.15) is 11.4 Å². The predicted molar refractivity (Wildman–Crippen MR) is 75.7 cm³/mol. The molecule has 0 heterocycles. The second-order valence-electron chi connectivity index (χ2n) is 5.35. The average molecular weight is 258 g/mol. The molecule has 100 valence electrons. The van der Waals surface area contributed by atoms with Crippen LogP contribution in [0.1, 0.15) is 34.7 Å². The van der Waals surface area contributed by atoms with Crippen LogP contribution < -0.4 is 0 Å². The third-order valence-electron chi connectivity index (χ3n) is 3.63. The largest absolute Gasteiger partial charge is 0.381 e. The highest BCUT2D eigenvalue weighted by Gasteiger charge is 2.29. The van der Waals surface area contributed by atoms with Gasteiger partial charge >= 0.3 is 0 Å². The summed E-state index contributed by atoms with van der Waals surface area (Å²) >= 11 is 0. The summed E-state index contributed by atoms with van der Waals surface area (Å²) in [5.41, 5.74) is 3.36. The molecule has 0 radical (unpaired) electrons. The number of hydrogen-bond donors (Lipinski definition) is 1. The second-order valence-corrected chi connectivity index (χ2v) is 5.35. The first-order valence-electron chi connectivity index (χ1n) is 6.39. The molecule has 0 spiro atoms. The monoisotopic (exact) mass is 258 g/mol. The summed E-state index contributed by atoms with van der Waals surface area (Å²) in [7, 11) is 0. The van der Waals surface area contributed by atoms with Gasteiger partial charge in [0.25, 0.3) is 0 Å². The molecule has 1 N–H and O–H groups in total. The molecule has 0 fully saturated rings. The number of aliphatic hydroxyl groups is 1. The molecule has 0 amide bonds. The number of hydrogen-bond acceptors (Lipinski definition) is 1. The van der Waals surface area contributed by atoms with Gasteiger partial charge in [-0.15, -0.1) is 0 Å². The molecule has 0 saturated carbocycles. The highest BCUT2D eigenvalue weighted by atomic mass is 19.1. The van der Waals surface area contributed by atoms with Crippen molar-refractivity contribution >= 4 is 0 Å². The molecular formula is C17H19FO. The molecule has 0 aliphatic carbocycles. The van der Waals surface area contributed by atoms with Crippen molar-refractivity contribution in [2.45, 2.75) is 33.3 Å². The number of aryl methyl sites for hydroxylation is 3. The molecule has 1 nitrogen and oxygen atoms in total. The minimum Gasteiger partial charge on any atom is -0.381 e. The third kappa shape index (κ3) is 2.54. The van der Waals surface area contributed by atoms with Crippen molar-refractivity contribution in [1.82, 2.24) is 0 Å². The minimum atomic E-state index is -1.12. The van der Waals surface area contributed by atoms with Gasteiger partial charge in [-0.05, 0) is 62.1 Å². The SMILES string of the molecule is Cc1ccc(C)c(C(C)(O)c2ccc(F)cc2C)c1. The first-order valence-corrected chi connectivity index (χ1v) is 6.39. The van der Waals surface area contributed by atoms with E-state index in [0.29, 0.717) is 0 Å². The maximum atomic E-state index is 13.2. The summed E-state index contributed by atoms with van der Waals surface area (Å²) in [6, 6.07) is 10.5. The Morgan fingerprint density at radius 1 is 0.895 bits per heavy atom. The van der Waals surface area contributed by atoms with Crippen LogP contribution in [-0.4, -0.2) is 5.11 Å². The van der Waals surface area contributed by atoms with Crippen LogP contribution in [0.15, 0.2) is 36.4 Å². The summed E-state index contributed by atoms with van der Waals surface area (Å²) in [6.45, 7) is 7.55. The number of halogens is 1. The fraction of sp³-hybridized carbons (Fsp3) is 0.294. The van der Waals surface area contributed by atoms with E-state index in [2.05, 4.69) is 0 Å². The zero-order valence-electron chi connectivity index (χ0n) is 11.8. The Hall–Kier alpha value is -1.67. The van der Waals surface area contributed by atoms with E-state index in [4.69, 9.17) is 0 Å². The second kappa shape index (κ2) is 4.78. The van der Waals surface area contributed by atoms with E-state index in [9.17, 15) is 9.50 Å². The van der Waals surface area contributed by atoms with Crippen molar-refractivity contribution in [3.8, 4) is 0 Å². The lowest BCUT2D eigenvalue weighted by molar-refractivity contribution is 0.101. The molecule has 0 aromatic heterocycles. The van der Waals surface area contributed by atoms with E-state index in [1.165, 1.54) is 12.1 Å². The minimum absolute atomic E-state index is 0.280. The highest BCUT2D eigenvalue weighted by Crippen LogP contribution is 2.34. The molecule has 0 aliphatic heterocycles. The van der Waals surface area contributed by atoms with Gasteiger partial charge in [0, 0.05) is 0 Å². The van der Waals surface area contributed by atoms with E-state index in [0.717, 1.165) is 27.8 Å². The Labute approximate surface area is 113 Å². The predicted octanol–water partition coefficient (Wildman–Crippen LogP) is 4.01. The van der Waals surface area contributed by atoms with Crippen molar-refractivity contribution in [3.63, 3.8) is 0 Å². The molecule has 1 unspecified atom stereocenters. The first-order chi connectivity index (χ1) is 8.82. The van der Waals surface area contributed by atoms with Crippen LogP contribution in [0.4, 0.5) is 4.39 Å². The molecule has 2 aromatic carbocycles. The summed E-state index contributed by atoms with van der Waals surface area (Å²) in [5, 5.41) is 10.9. The van der Waals surface area contributed by atoms with Crippen molar-refractivity contribution in [3.05, 3.63) is 70.0 Å². The van der Waals surface area contributed by atoms with E-state index >= 15 is 0 Å². The third-order valence-corrected chi connectivity index (χ3v) is 3.63. The zero-order chi connectivity index (χ0) is 14.2. The lowest BCUT2D eigenvalue weighted by atomic mass is 9.83. The number of rotatable bonds is 2. The van der Waals surface area contributed by atoms with Gasteiger partial charge in [0.05, 0.1) is 0 Å². The van der Waals surface area contributed by atoms with Crippen molar-refractivity contribution in [2.75, 3.05) is 0 Å². The van der Waals surface area contributed by atoms with Crippen LogP contribution in [0.25, 0.3) is 0 Å². The molecule has 0 aliphatic rings. The Morgan fingerprint density at radius 3 is 2.21 bits per heavy atom. The molecule has 0 bridgehead atoms. The normalized spacial score (nSPS) is 14.2. The molecule has 2 rings (SSSR count). The van der Waals surface area contributed by atoms with Crippen LogP contribution in [0.3, 0.4) is 0 Å².